The Labute approximate surface area is 336 Å². The first-order valence-electron chi connectivity index (χ1n) is 19.6. The maximum absolute atomic E-state index is 14.0. The van der Waals surface area contributed by atoms with Crippen molar-refractivity contribution in [3.63, 3.8) is 0 Å². The van der Waals surface area contributed by atoms with Crippen LogP contribution in [0.4, 0.5) is 9.59 Å². The largest absolute Gasteiger partial charge is 0.391 e. The lowest BCUT2D eigenvalue weighted by Crippen LogP contribution is -2.58. The number of H-pyrrole nitrogens is 2. The molecule has 0 aliphatic carbocycles. The third-order valence-electron chi connectivity index (χ3n) is 9.80. The second kappa shape index (κ2) is 22.1. The Morgan fingerprint density at radius 3 is 1.42 bits per heavy atom. The van der Waals surface area contributed by atoms with E-state index in [9.17, 15) is 24.3 Å². The smallest absolute Gasteiger partial charge is 0.318 e. The molecule has 4 rings (SSSR count). The van der Waals surface area contributed by atoms with Crippen LogP contribution in [0.25, 0.3) is 0 Å². The number of nitrogens with zero attached hydrogens (tertiary/aromatic N) is 2. The highest BCUT2D eigenvalue weighted by Gasteiger charge is 2.33. The first-order valence-corrected chi connectivity index (χ1v) is 19.6. The van der Waals surface area contributed by atoms with Crippen molar-refractivity contribution in [2.45, 2.75) is 90.3 Å². The molecule has 0 radical (unpaired) electrons. The molecule has 4 aromatic rings. The van der Waals surface area contributed by atoms with Gasteiger partial charge in [0.1, 0.15) is 25.2 Å². The molecule has 0 aliphatic rings. The number of amides is 6. The highest BCUT2D eigenvalue weighted by molar-refractivity contribution is 5.88. The Hall–Kier alpha value is -5.82. The van der Waals surface area contributed by atoms with Crippen molar-refractivity contribution in [3.05, 3.63) is 132 Å². The quantitative estimate of drug-likeness (QED) is 0.0979. The van der Waals surface area contributed by atoms with Crippen molar-refractivity contribution < 1.29 is 34.3 Å². The average molecular weight is 781 g/mol. The van der Waals surface area contributed by atoms with Crippen molar-refractivity contribution in [2.75, 3.05) is 14.1 Å². The predicted octanol–water partition coefficient (Wildman–Crippen LogP) is 3.55. The minimum Gasteiger partial charge on any atom is -0.391 e. The van der Waals surface area contributed by atoms with E-state index in [1.165, 1.54) is 9.80 Å². The topological polar surface area (TPSA) is 171 Å². The molecule has 13 heteroatoms. The number of aliphatic hydroxyl groups excluding tert-OH is 1. The summed E-state index contributed by atoms with van der Waals surface area (Å²) in [6.45, 7) is 8.07. The number of aromatic nitrogens is 2. The van der Waals surface area contributed by atoms with Crippen molar-refractivity contribution in [1.29, 1.82) is 0 Å². The lowest BCUT2D eigenvalue weighted by atomic mass is 9.92. The molecule has 304 valence electrons. The number of hydrogen-bond donors (Lipinski definition) is 5. The Morgan fingerprint density at radius 1 is 0.579 bits per heavy atom. The number of aromatic amines is 2. The van der Waals surface area contributed by atoms with Crippen LogP contribution >= 0.6 is 0 Å². The molecule has 2 heterocycles. The molecule has 0 bridgehead atoms. The summed E-state index contributed by atoms with van der Waals surface area (Å²) in [5.41, 5.74) is 3.52. The summed E-state index contributed by atoms with van der Waals surface area (Å²) in [5.74, 6) is -1.32. The van der Waals surface area contributed by atoms with Crippen molar-refractivity contribution >= 4 is 23.9 Å². The Kier molecular flexibility index (Phi) is 17.0. The molecule has 2 aromatic heterocycles. The Balaban J connectivity index is 1.52. The molecule has 6 amide bonds. The molecule has 13 nitrogen and oxygen atoms in total. The first kappa shape index (κ1) is 43.9. The summed E-state index contributed by atoms with van der Waals surface area (Å²) >= 11 is 0. The van der Waals surface area contributed by atoms with Crippen LogP contribution in [0.5, 0.6) is 0 Å². The number of carbonyl (C=O) groups excluding carboxylic acids is 4. The molecule has 0 saturated heterocycles. The van der Waals surface area contributed by atoms with Crippen LogP contribution in [0, 0.1) is 11.8 Å². The van der Waals surface area contributed by atoms with Crippen LogP contribution in [0.15, 0.2) is 109 Å². The van der Waals surface area contributed by atoms with E-state index < -0.39 is 48.2 Å². The third kappa shape index (κ3) is 14.3. The van der Waals surface area contributed by atoms with Gasteiger partial charge in [-0.15, -0.1) is 0 Å². The van der Waals surface area contributed by atoms with Crippen LogP contribution in [0.1, 0.15) is 56.6 Å². The summed E-state index contributed by atoms with van der Waals surface area (Å²) in [6, 6.07) is 26.5. The van der Waals surface area contributed by atoms with Gasteiger partial charge in [0.25, 0.3) is 0 Å². The first-order chi connectivity index (χ1) is 27.3. The maximum Gasteiger partial charge on any atom is 0.318 e. The van der Waals surface area contributed by atoms with Crippen LogP contribution in [-0.2, 0) is 35.5 Å². The van der Waals surface area contributed by atoms with E-state index in [0.29, 0.717) is 25.9 Å². The van der Waals surface area contributed by atoms with Crippen LogP contribution in [0.3, 0.4) is 0 Å². The molecule has 0 spiro atoms. The summed E-state index contributed by atoms with van der Waals surface area (Å²) in [7, 11) is 3.32. The SMILES string of the molecule is CC(C)[C@H](NC(=O)N(C)Cc1cccc[nH+]1)C(=O)N[C@@H](Cc1ccccc1)C[C@H](O)[C@H](Cc1ccccc1)NC(=O)[C@@H](NC(=O)N(C)Cc1cccc[nH+]1)C(C)C. The fourth-order valence-electron chi connectivity index (χ4n) is 6.53. The number of aliphatic hydroxyl groups is 1. The second-order valence-corrected chi connectivity index (χ2v) is 15.3. The van der Waals surface area contributed by atoms with Gasteiger partial charge in [-0.2, -0.15) is 0 Å². The molecular formula is C44H60N8O5+2. The molecule has 57 heavy (non-hydrogen) atoms. The summed E-state index contributed by atoms with van der Waals surface area (Å²) < 4.78 is 0. The number of pyridine rings is 2. The average Bonchev–Trinajstić information content (AvgIpc) is 3.19. The molecule has 5 atom stereocenters. The van der Waals surface area contributed by atoms with Crippen molar-refractivity contribution in [1.82, 2.24) is 31.1 Å². The van der Waals surface area contributed by atoms with Gasteiger partial charge < -0.3 is 36.2 Å². The second-order valence-electron chi connectivity index (χ2n) is 15.3. The molecule has 2 aromatic carbocycles. The Bertz CT molecular complexity index is 1830. The lowest BCUT2D eigenvalue weighted by Gasteiger charge is -2.32. The fourth-order valence-corrected chi connectivity index (χ4v) is 6.53. The van der Waals surface area contributed by atoms with E-state index in [2.05, 4.69) is 31.2 Å². The summed E-state index contributed by atoms with van der Waals surface area (Å²) in [6.07, 6.45) is 3.26. The lowest BCUT2D eigenvalue weighted by molar-refractivity contribution is -0.392. The zero-order valence-corrected chi connectivity index (χ0v) is 33.9. The van der Waals surface area contributed by atoms with Gasteiger partial charge >= 0.3 is 12.1 Å². The highest BCUT2D eigenvalue weighted by Crippen LogP contribution is 2.16. The number of hydrogen-bond acceptors (Lipinski definition) is 5. The number of carbonyl (C=O) groups is 4. The predicted molar refractivity (Wildman–Crippen MR) is 218 cm³/mol. The van der Waals surface area contributed by atoms with E-state index in [1.54, 1.807) is 26.5 Å². The third-order valence-corrected chi connectivity index (χ3v) is 9.80. The fraction of sp³-hybridized carbons (Fsp3) is 0.409. The van der Waals surface area contributed by atoms with E-state index in [-0.39, 0.29) is 24.2 Å². The van der Waals surface area contributed by atoms with E-state index >= 15 is 0 Å². The normalized spacial score (nSPS) is 13.8. The molecule has 7 N–H and O–H groups in total. The maximum atomic E-state index is 14.0. The van der Waals surface area contributed by atoms with Gasteiger partial charge in [-0.3, -0.25) is 9.59 Å². The minimum absolute atomic E-state index is 0.0932. The van der Waals surface area contributed by atoms with E-state index in [0.717, 1.165) is 22.5 Å². The van der Waals surface area contributed by atoms with Crippen molar-refractivity contribution in [2.24, 2.45) is 11.8 Å². The zero-order chi connectivity index (χ0) is 41.3. The monoisotopic (exact) mass is 780 g/mol. The summed E-state index contributed by atoms with van der Waals surface area (Å²) in [4.78, 5) is 63.8. The zero-order valence-electron chi connectivity index (χ0n) is 33.9. The molecule has 0 aliphatic heterocycles. The number of nitrogens with one attached hydrogen (secondary N) is 6. The van der Waals surface area contributed by atoms with Crippen LogP contribution in [-0.4, -0.2) is 83.1 Å². The Morgan fingerprint density at radius 2 is 1.00 bits per heavy atom. The minimum atomic E-state index is -1.11. The number of rotatable bonds is 19. The van der Waals surface area contributed by atoms with E-state index in [1.807, 2.05) is 125 Å². The van der Waals surface area contributed by atoms with Gasteiger partial charge in [-0.25, -0.2) is 19.6 Å². The molecular weight excluding hydrogens is 721 g/mol. The molecule has 0 saturated carbocycles. The standard InChI is InChI=1S/C44H58N8O5/c1-30(2)39(49-43(56)51(5)28-34-21-13-15-23-45-34)41(54)47-36(25-32-17-9-7-10-18-32)27-38(53)37(26-33-19-11-8-12-20-33)48-42(55)40(31(3)4)50-44(57)52(6)29-35-22-14-16-24-46-35/h7-24,30-31,36-40,53H,25-29H2,1-6H3,(H,47,54)(H,48,55)(H,49,56)(H,50,57)/p+2/t36-,37-,38-,39-,40-/m0/s1. The number of urea groups is 2. The van der Waals surface area contributed by atoms with Crippen molar-refractivity contribution in [3.8, 4) is 0 Å². The van der Waals surface area contributed by atoms with Crippen LogP contribution < -0.4 is 31.2 Å². The molecule has 0 unspecified atom stereocenters. The van der Waals surface area contributed by atoms with Gasteiger partial charge in [0, 0.05) is 44.4 Å². The van der Waals surface area contributed by atoms with Gasteiger partial charge in [-0.1, -0.05) is 100 Å². The summed E-state index contributed by atoms with van der Waals surface area (Å²) in [5, 5.41) is 24.0. The van der Waals surface area contributed by atoms with Gasteiger partial charge in [0.05, 0.1) is 12.1 Å². The van der Waals surface area contributed by atoms with Gasteiger partial charge in [0.15, 0.2) is 23.8 Å². The van der Waals surface area contributed by atoms with Gasteiger partial charge in [0.2, 0.25) is 11.8 Å². The van der Waals surface area contributed by atoms with E-state index in [4.69, 9.17) is 0 Å². The molecule has 0 fully saturated rings. The number of benzene rings is 2. The highest BCUT2D eigenvalue weighted by atomic mass is 16.3. The van der Waals surface area contributed by atoms with Crippen LogP contribution in [0.2, 0.25) is 0 Å². The van der Waals surface area contributed by atoms with Gasteiger partial charge in [-0.05, 0) is 42.2 Å².